The summed E-state index contributed by atoms with van der Waals surface area (Å²) in [7, 11) is 0. The van der Waals surface area contributed by atoms with Gasteiger partial charge in [-0.25, -0.2) is 0 Å². The average Bonchev–Trinajstić information content (AvgIpc) is 2.61. The van der Waals surface area contributed by atoms with Crippen molar-refractivity contribution < 1.29 is 0 Å². The van der Waals surface area contributed by atoms with E-state index < -0.39 is 0 Å². The highest BCUT2D eigenvalue weighted by atomic mass is 15.4. The zero-order valence-corrected chi connectivity index (χ0v) is 10.0. The lowest BCUT2D eigenvalue weighted by molar-refractivity contribution is 0.376. The van der Waals surface area contributed by atoms with Crippen LogP contribution in [0.2, 0.25) is 0 Å². The molecule has 0 saturated carbocycles. The van der Waals surface area contributed by atoms with Crippen LogP contribution in [0.4, 0.5) is 0 Å². The second-order valence-electron chi connectivity index (χ2n) is 5.11. The van der Waals surface area contributed by atoms with Crippen molar-refractivity contribution in [2.24, 2.45) is 5.41 Å². The molecule has 86 valence electrons. The number of hydrogen-bond donors (Lipinski definition) is 1. The van der Waals surface area contributed by atoms with Crippen molar-refractivity contribution in [1.82, 2.24) is 20.3 Å². The fourth-order valence-electron chi connectivity index (χ4n) is 1.34. The van der Waals surface area contributed by atoms with Crippen molar-refractivity contribution in [3.8, 4) is 0 Å². The Morgan fingerprint density at radius 2 is 2.07 bits per heavy atom. The third kappa shape index (κ3) is 6.23. The van der Waals surface area contributed by atoms with Crippen LogP contribution in [-0.4, -0.2) is 28.1 Å². The highest BCUT2D eigenvalue weighted by Gasteiger charge is 2.07. The van der Waals surface area contributed by atoms with E-state index in [-0.39, 0.29) is 0 Å². The molecule has 0 aliphatic rings. The standard InChI is InChI=1S/C11H22N4/c1-11(2,3)10-12-6-4-5-8-15-9-7-13-14-15/h7,9,12H,4-6,8,10H2,1-3H3. The van der Waals surface area contributed by atoms with Crippen molar-refractivity contribution in [2.45, 2.75) is 40.2 Å². The molecule has 15 heavy (non-hydrogen) atoms. The van der Waals surface area contributed by atoms with Gasteiger partial charge in [-0.05, 0) is 31.3 Å². The molecule has 1 aromatic rings. The zero-order valence-electron chi connectivity index (χ0n) is 10.0. The van der Waals surface area contributed by atoms with Crippen LogP contribution in [0.5, 0.6) is 0 Å². The first-order valence-electron chi connectivity index (χ1n) is 5.63. The SMILES string of the molecule is CC(C)(C)CNCCCCn1ccnn1. The van der Waals surface area contributed by atoms with Crippen molar-refractivity contribution >= 4 is 0 Å². The minimum Gasteiger partial charge on any atom is -0.316 e. The molecule has 0 fully saturated rings. The average molecular weight is 210 g/mol. The minimum atomic E-state index is 0.381. The minimum absolute atomic E-state index is 0.381. The quantitative estimate of drug-likeness (QED) is 0.727. The van der Waals surface area contributed by atoms with E-state index in [1.807, 2.05) is 10.9 Å². The molecule has 0 aromatic carbocycles. The first-order valence-corrected chi connectivity index (χ1v) is 5.63. The van der Waals surface area contributed by atoms with Gasteiger partial charge in [0.2, 0.25) is 0 Å². The molecule has 1 rings (SSSR count). The molecule has 0 aliphatic carbocycles. The van der Waals surface area contributed by atoms with Crippen LogP contribution in [0, 0.1) is 5.41 Å². The Labute approximate surface area is 92.1 Å². The van der Waals surface area contributed by atoms with E-state index in [1.54, 1.807) is 6.20 Å². The normalized spacial score (nSPS) is 11.9. The maximum atomic E-state index is 3.92. The van der Waals surface area contributed by atoms with Crippen LogP contribution in [0.1, 0.15) is 33.6 Å². The van der Waals surface area contributed by atoms with Gasteiger partial charge in [0.1, 0.15) is 0 Å². The Balaban J connectivity index is 1.94. The summed E-state index contributed by atoms with van der Waals surface area (Å²) < 4.78 is 1.88. The summed E-state index contributed by atoms with van der Waals surface area (Å²) in [5.74, 6) is 0. The third-order valence-electron chi connectivity index (χ3n) is 2.12. The van der Waals surface area contributed by atoms with Crippen molar-refractivity contribution in [2.75, 3.05) is 13.1 Å². The van der Waals surface area contributed by atoms with Gasteiger partial charge in [0.05, 0.1) is 6.20 Å². The van der Waals surface area contributed by atoms with Crippen LogP contribution in [0.3, 0.4) is 0 Å². The van der Waals surface area contributed by atoms with Crippen LogP contribution in [0.15, 0.2) is 12.4 Å². The summed E-state index contributed by atoms with van der Waals surface area (Å²) >= 11 is 0. The molecule has 0 unspecified atom stereocenters. The smallest absolute Gasteiger partial charge is 0.0692 e. The number of unbranched alkanes of at least 4 members (excludes halogenated alkanes) is 1. The molecule has 0 atom stereocenters. The molecule has 0 amide bonds. The van der Waals surface area contributed by atoms with Gasteiger partial charge < -0.3 is 5.32 Å². The number of nitrogens with one attached hydrogen (secondary N) is 1. The molecule has 4 heteroatoms. The second kappa shape index (κ2) is 5.85. The van der Waals surface area contributed by atoms with Crippen LogP contribution >= 0.6 is 0 Å². The Bertz CT molecular complexity index is 248. The van der Waals surface area contributed by atoms with E-state index in [4.69, 9.17) is 0 Å². The van der Waals surface area contributed by atoms with E-state index >= 15 is 0 Å². The second-order valence-corrected chi connectivity index (χ2v) is 5.11. The highest BCUT2D eigenvalue weighted by molar-refractivity contribution is 4.65. The van der Waals surface area contributed by atoms with Crippen LogP contribution in [-0.2, 0) is 6.54 Å². The largest absolute Gasteiger partial charge is 0.316 e. The number of rotatable bonds is 6. The molecular formula is C11H22N4. The Kier molecular flexibility index (Phi) is 4.75. The lowest BCUT2D eigenvalue weighted by Gasteiger charge is -2.18. The Morgan fingerprint density at radius 3 is 2.67 bits per heavy atom. The maximum Gasteiger partial charge on any atom is 0.0692 e. The fraction of sp³-hybridized carbons (Fsp3) is 0.818. The number of aryl methyl sites for hydroxylation is 1. The van der Waals surface area contributed by atoms with E-state index in [0.29, 0.717) is 5.41 Å². The van der Waals surface area contributed by atoms with Gasteiger partial charge in [-0.2, -0.15) is 0 Å². The number of hydrogen-bond acceptors (Lipinski definition) is 3. The van der Waals surface area contributed by atoms with E-state index in [1.165, 1.54) is 6.42 Å². The molecule has 0 radical (unpaired) electrons. The number of aromatic nitrogens is 3. The van der Waals surface area contributed by atoms with E-state index in [0.717, 1.165) is 26.1 Å². The van der Waals surface area contributed by atoms with Gasteiger partial charge in [-0.15, -0.1) is 5.10 Å². The van der Waals surface area contributed by atoms with Crippen molar-refractivity contribution in [3.63, 3.8) is 0 Å². The van der Waals surface area contributed by atoms with Gasteiger partial charge in [0.25, 0.3) is 0 Å². The zero-order chi connectivity index (χ0) is 11.1. The monoisotopic (exact) mass is 210 g/mol. The van der Waals surface area contributed by atoms with E-state index in [2.05, 4.69) is 36.4 Å². The molecule has 0 saturated heterocycles. The molecule has 0 spiro atoms. The van der Waals surface area contributed by atoms with Gasteiger partial charge in [-0.3, -0.25) is 4.68 Å². The molecule has 1 N–H and O–H groups in total. The van der Waals surface area contributed by atoms with E-state index in [9.17, 15) is 0 Å². The molecule has 1 heterocycles. The molecule has 4 nitrogen and oxygen atoms in total. The van der Waals surface area contributed by atoms with Crippen molar-refractivity contribution in [1.29, 1.82) is 0 Å². The third-order valence-corrected chi connectivity index (χ3v) is 2.12. The Morgan fingerprint density at radius 1 is 1.27 bits per heavy atom. The summed E-state index contributed by atoms with van der Waals surface area (Å²) in [6, 6.07) is 0. The van der Waals surface area contributed by atoms with Crippen LogP contribution in [0.25, 0.3) is 0 Å². The molecule has 0 aliphatic heterocycles. The molecular weight excluding hydrogens is 188 g/mol. The molecule has 1 aromatic heterocycles. The summed E-state index contributed by atoms with van der Waals surface area (Å²) in [5, 5.41) is 11.1. The predicted molar refractivity (Wildman–Crippen MR) is 61.6 cm³/mol. The Hall–Kier alpha value is -0.900. The lowest BCUT2D eigenvalue weighted by Crippen LogP contribution is -2.27. The summed E-state index contributed by atoms with van der Waals surface area (Å²) in [5.41, 5.74) is 0.381. The summed E-state index contributed by atoms with van der Waals surface area (Å²) in [6.07, 6.45) is 5.97. The van der Waals surface area contributed by atoms with Gasteiger partial charge >= 0.3 is 0 Å². The summed E-state index contributed by atoms with van der Waals surface area (Å²) in [4.78, 5) is 0. The van der Waals surface area contributed by atoms with Gasteiger partial charge in [0, 0.05) is 12.7 Å². The molecule has 0 bridgehead atoms. The first-order chi connectivity index (χ1) is 7.08. The van der Waals surface area contributed by atoms with Crippen molar-refractivity contribution in [3.05, 3.63) is 12.4 Å². The topological polar surface area (TPSA) is 42.7 Å². The van der Waals surface area contributed by atoms with Crippen LogP contribution < -0.4 is 5.32 Å². The maximum absolute atomic E-state index is 3.92. The lowest BCUT2D eigenvalue weighted by atomic mass is 9.97. The highest BCUT2D eigenvalue weighted by Crippen LogP contribution is 2.10. The predicted octanol–water partition coefficient (Wildman–Crippen LogP) is 1.69. The number of nitrogens with zero attached hydrogens (tertiary/aromatic N) is 3. The summed E-state index contributed by atoms with van der Waals surface area (Å²) in [6.45, 7) is 9.87. The van der Waals surface area contributed by atoms with Gasteiger partial charge in [-0.1, -0.05) is 26.0 Å². The van der Waals surface area contributed by atoms with Gasteiger partial charge in [0.15, 0.2) is 0 Å². The fourth-order valence-corrected chi connectivity index (χ4v) is 1.34. The first kappa shape index (κ1) is 12.2.